The lowest BCUT2D eigenvalue weighted by Gasteiger charge is -2.45. The molecular weight excluding hydrogens is 206 g/mol. The molecule has 2 rings (SSSR count). The molecule has 1 heteroatoms. The van der Waals surface area contributed by atoms with Crippen LogP contribution in [-0.4, -0.2) is 24.5 Å². The first kappa shape index (κ1) is 12.6. The Hall–Kier alpha value is -0.820. The second-order valence-electron chi connectivity index (χ2n) is 5.46. The molecule has 0 amide bonds. The summed E-state index contributed by atoms with van der Waals surface area (Å²) in [6.45, 7) is 10.3. The summed E-state index contributed by atoms with van der Waals surface area (Å²) in [6.07, 6.45) is 4.13. The molecule has 1 fully saturated rings. The van der Waals surface area contributed by atoms with Gasteiger partial charge in [0.15, 0.2) is 0 Å². The minimum atomic E-state index is 0.458. The number of benzene rings is 1. The van der Waals surface area contributed by atoms with Crippen LogP contribution in [0.4, 0.5) is 0 Å². The fourth-order valence-corrected chi connectivity index (χ4v) is 2.92. The number of likely N-dealkylation sites (N-methyl/N-ethyl adjacent to an activating group) is 1. The number of nitrogens with zero attached hydrogens (tertiary/aromatic N) is 1. The van der Waals surface area contributed by atoms with E-state index < -0.39 is 0 Å². The van der Waals surface area contributed by atoms with E-state index in [9.17, 15) is 0 Å². The maximum atomic E-state index is 2.57. The average Bonchev–Trinajstić information content (AvgIpc) is 2.30. The van der Waals surface area contributed by atoms with Crippen molar-refractivity contribution >= 4 is 0 Å². The Morgan fingerprint density at radius 1 is 1.06 bits per heavy atom. The lowest BCUT2D eigenvalue weighted by Crippen LogP contribution is -2.45. The molecule has 0 aromatic heterocycles. The van der Waals surface area contributed by atoms with Gasteiger partial charge in [-0.1, -0.05) is 50.1 Å². The molecule has 1 aliphatic rings. The van der Waals surface area contributed by atoms with Crippen LogP contribution in [0.25, 0.3) is 0 Å². The summed E-state index contributed by atoms with van der Waals surface area (Å²) in [5.74, 6) is 0. The first-order valence-electron chi connectivity index (χ1n) is 6.99. The van der Waals surface area contributed by atoms with Gasteiger partial charge in [-0.15, -0.1) is 0 Å². The van der Waals surface area contributed by atoms with E-state index in [-0.39, 0.29) is 0 Å². The predicted octanol–water partition coefficient (Wildman–Crippen LogP) is 3.76. The van der Waals surface area contributed by atoms with Gasteiger partial charge in [-0.3, -0.25) is 0 Å². The number of hydrogen-bond acceptors (Lipinski definition) is 1. The van der Waals surface area contributed by atoms with E-state index in [0.29, 0.717) is 5.41 Å². The molecule has 0 heterocycles. The summed E-state index contributed by atoms with van der Waals surface area (Å²) in [7, 11) is 0. The topological polar surface area (TPSA) is 3.24 Å². The SMILES string of the molecule is CCN(CC)CC1(c2ccc(C)cc2)CCC1. The molecule has 1 aromatic carbocycles. The zero-order chi connectivity index (χ0) is 12.3. The maximum Gasteiger partial charge on any atom is 0.00803 e. The predicted molar refractivity (Wildman–Crippen MR) is 74.5 cm³/mol. The Labute approximate surface area is 106 Å². The van der Waals surface area contributed by atoms with E-state index in [0.717, 1.165) is 0 Å². The van der Waals surface area contributed by atoms with E-state index in [1.54, 1.807) is 5.56 Å². The molecule has 0 bridgehead atoms. The smallest absolute Gasteiger partial charge is 0.00803 e. The van der Waals surface area contributed by atoms with Crippen LogP contribution < -0.4 is 0 Å². The Bertz CT molecular complexity index is 344. The lowest BCUT2D eigenvalue weighted by atomic mass is 9.64. The van der Waals surface area contributed by atoms with Crippen LogP contribution in [0.3, 0.4) is 0 Å². The van der Waals surface area contributed by atoms with Crippen molar-refractivity contribution in [1.82, 2.24) is 4.90 Å². The van der Waals surface area contributed by atoms with Gasteiger partial charge in [0.1, 0.15) is 0 Å². The molecule has 0 unspecified atom stereocenters. The second kappa shape index (κ2) is 5.22. The second-order valence-corrected chi connectivity index (χ2v) is 5.46. The van der Waals surface area contributed by atoms with E-state index in [1.165, 1.54) is 44.5 Å². The van der Waals surface area contributed by atoms with Crippen molar-refractivity contribution in [2.24, 2.45) is 0 Å². The third kappa shape index (κ3) is 2.55. The van der Waals surface area contributed by atoms with Crippen LogP contribution in [0, 0.1) is 6.92 Å². The first-order chi connectivity index (χ1) is 8.20. The molecule has 94 valence electrons. The lowest BCUT2D eigenvalue weighted by molar-refractivity contribution is 0.148. The molecule has 1 nitrogen and oxygen atoms in total. The van der Waals surface area contributed by atoms with Gasteiger partial charge < -0.3 is 4.90 Å². The van der Waals surface area contributed by atoms with Gasteiger partial charge >= 0.3 is 0 Å². The monoisotopic (exact) mass is 231 g/mol. The zero-order valence-electron chi connectivity index (χ0n) is 11.5. The third-order valence-corrected chi connectivity index (χ3v) is 4.40. The molecule has 0 aliphatic heterocycles. The van der Waals surface area contributed by atoms with Gasteiger partial charge in [-0.25, -0.2) is 0 Å². The Kier molecular flexibility index (Phi) is 3.88. The molecule has 1 aromatic rings. The van der Waals surface area contributed by atoms with Crippen LogP contribution in [0.2, 0.25) is 0 Å². The van der Waals surface area contributed by atoms with Crippen LogP contribution in [-0.2, 0) is 5.41 Å². The molecular formula is C16H25N. The molecule has 1 saturated carbocycles. The van der Waals surface area contributed by atoms with Crippen molar-refractivity contribution in [3.8, 4) is 0 Å². The third-order valence-electron chi connectivity index (χ3n) is 4.40. The van der Waals surface area contributed by atoms with Gasteiger partial charge in [-0.05, 0) is 38.4 Å². The minimum absolute atomic E-state index is 0.458. The first-order valence-corrected chi connectivity index (χ1v) is 6.99. The van der Waals surface area contributed by atoms with Crippen molar-refractivity contribution in [3.05, 3.63) is 35.4 Å². The molecule has 0 spiro atoms. The van der Waals surface area contributed by atoms with Gasteiger partial charge in [0, 0.05) is 12.0 Å². The normalized spacial score (nSPS) is 18.1. The van der Waals surface area contributed by atoms with Crippen molar-refractivity contribution in [2.75, 3.05) is 19.6 Å². The summed E-state index contributed by atoms with van der Waals surface area (Å²) in [5, 5.41) is 0. The largest absolute Gasteiger partial charge is 0.303 e. The highest BCUT2D eigenvalue weighted by molar-refractivity contribution is 5.31. The van der Waals surface area contributed by atoms with Crippen LogP contribution >= 0.6 is 0 Å². The molecule has 1 aliphatic carbocycles. The summed E-state index contributed by atoms with van der Waals surface area (Å²) < 4.78 is 0. The zero-order valence-corrected chi connectivity index (χ0v) is 11.5. The van der Waals surface area contributed by atoms with Gasteiger partial charge in [0.2, 0.25) is 0 Å². The highest BCUT2D eigenvalue weighted by atomic mass is 15.1. The fourth-order valence-electron chi connectivity index (χ4n) is 2.92. The highest BCUT2D eigenvalue weighted by Crippen LogP contribution is 2.44. The van der Waals surface area contributed by atoms with Crippen LogP contribution in [0.5, 0.6) is 0 Å². The van der Waals surface area contributed by atoms with Gasteiger partial charge in [-0.2, -0.15) is 0 Å². The van der Waals surface area contributed by atoms with Crippen molar-refractivity contribution in [3.63, 3.8) is 0 Å². The van der Waals surface area contributed by atoms with E-state index in [2.05, 4.69) is 49.9 Å². The standard InChI is InChI=1S/C16H25N/c1-4-17(5-2)13-16(11-6-12-16)15-9-7-14(3)8-10-15/h7-10H,4-6,11-13H2,1-3H3. The van der Waals surface area contributed by atoms with E-state index >= 15 is 0 Å². The Morgan fingerprint density at radius 2 is 1.65 bits per heavy atom. The fraction of sp³-hybridized carbons (Fsp3) is 0.625. The molecule has 0 atom stereocenters. The summed E-state index contributed by atoms with van der Waals surface area (Å²) in [4.78, 5) is 2.57. The molecule has 0 saturated heterocycles. The Morgan fingerprint density at radius 3 is 2.06 bits per heavy atom. The minimum Gasteiger partial charge on any atom is -0.303 e. The van der Waals surface area contributed by atoms with E-state index in [4.69, 9.17) is 0 Å². The summed E-state index contributed by atoms with van der Waals surface area (Å²) >= 11 is 0. The van der Waals surface area contributed by atoms with Gasteiger partial charge in [0.05, 0.1) is 0 Å². The summed E-state index contributed by atoms with van der Waals surface area (Å²) in [5.41, 5.74) is 3.38. The van der Waals surface area contributed by atoms with Gasteiger partial charge in [0.25, 0.3) is 0 Å². The van der Waals surface area contributed by atoms with Crippen molar-refractivity contribution < 1.29 is 0 Å². The highest BCUT2D eigenvalue weighted by Gasteiger charge is 2.39. The number of rotatable bonds is 5. The van der Waals surface area contributed by atoms with Crippen molar-refractivity contribution in [1.29, 1.82) is 0 Å². The number of hydrogen-bond donors (Lipinski definition) is 0. The number of aryl methyl sites for hydroxylation is 1. The van der Waals surface area contributed by atoms with Crippen LogP contribution in [0.15, 0.2) is 24.3 Å². The molecule has 0 radical (unpaired) electrons. The average molecular weight is 231 g/mol. The molecule has 17 heavy (non-hydrogen) atoms. The van der Waals surface area contributed by atoms with Crippen molar-refractivity contribution in [2.45, 2.75) is 45.4 Å². The summed E-state index contributed by atoms with van der Waals surface area (Å²) in [6, 6.07) is 9.21. The maximum absolute atomic E-state index is 2.57. The molecule has 0 N–H and O–H groups in total. The quantitative estimate of drug-likeness (QED) is 0.746. The van der Waals surface area contributed by atoms with Crippen LogP contribution in [0.1, 0.15) is 44.2 Å². The Balaban J connectivity index is 2.16. The van der Waals surface area contributed by atoms with E-state index in [1.807, 2.05) is 0 Å².